The first-order valence-corrected chi connectivity index (χ1v) is 10.6. The van der Waals surface area contributed by atoms with Crippen molar-refractivity contribution in [1.29, 1.82) is 0 Å². The van der Waals surface area contributed by atoms with Crippen molar-refractivity contribution in [2.45, 2.75) is 22.1 Å². The molecule has 34 heavy (non-hydrogen) atoms. The van der Waals surface area contributed by atoms with E-state index in [1.54, 1.807) is 0 Å². The number of ether oxygens (including phenoxy) is 1. The summed E-state index contributed by atoms with van der Waals surface area (Å²) in [6, 6.07) is 6.90. The molecule has 5 nitrogen and oxygen atoms in total. The van der Waals surface area contributed by atoms with Crippen LogP contribution in [0.2, 0.25) is 0 Å². The van der Waals surface area contributed by atoms with Crippen LogP contribution in [0.3, 0.4) is 0 Å². The molecular formula is C22H18F6N2O3S. The number of hydrogen-bond acceptors (Lipinski definition) is 4. The van der Waals surface area contributed by atoms with Gasteiger partial charge in [0.2, 0.25) is 11.8 Å². The average Bonchev–Trinajstić information content (AvgIpc) is 2.77. The number of halogens is 6. The first kappa shape index (κ1) is 25.6. The number of carbonyl (C=O) groups is 2. The lowest BCUT2D eigenvalue weighted by Crippen LogP contribution is -2.39. The van der Waals surface area contributed by atoms with Crippen molar-refractivity contribution in [2.75, 3.05) is 26.3 Å². The highest BCUT2D eigenvalue weighted by atomic mass is 32.2. The summed E-state index contributed by atoms with van der Waals surface area (Å²) in [5.41, 5.74) is 0.696. The van der Waals surface area contributed by atoms with Crippen LogP contribution in [-0.2, 0) is 21.9 Å². The van der Waals surface area contributed by atoms with Crippen molar-refractivity contribution in [3.8, 4) is 0 Å². The van der Waals surface area contributed by atoms with E-state index >= 15 is 0 Å². The molecule has 0 unspecified atom stereocenters. The lowest BCUT2D eigenvalue weighted by Gasteiger charge is -2.25. The van der Waals surface area contributed by atoms with Gasteiger partial charge in [0.1, 0.15) is 0 Å². The predicted molar refractivity (Wildman–Crippen MR) is 112 cm³/mol. The number of hydrogen-bond donors (Lipinski definition) is 1. The zero-order chi connectivity index (χ0) is 25.1. The second-order valence-corrected chi connectivity index (χ2v) is 8.28. The molecule has 2 aromatic carbocycles. The fourth-order valence-corrected chi connectivity index (χ4v) is 4.26. The van der Waals surface area contributed by atoms with Gasteiger partial charge in [0.05, 0.1) is 24.3 Å². The molecule has 0 radical (unpaired) electrons. The highest BCUT2D eigenvalue weighted by molar-refractivity contribution is 7.99. The molecule has 12 heteroatoms. The summed E-state index contributed by atoms with van der Waals surface area (Å²) in [6.07, 6.45) is -9.12. The Kier molecular flexibility index (Phi) is 7.61. The van der Waals surface area contributed by atoms with E-state index in [1.807, 2.05) is 0 Å². The average molecular weight is 504 g/mol. The number of morpholine rings is 1. The molecule has 182 valence electrons. The van der Waals surface area contributed by atoms with Gasteiger partial charge >= 0.3 is 12.4 Å². The molecule has 2 amide bonds. The summed E-state index contributed by atoms with van der Waals surface area (Å²) in [5.74, 6) is -1.38. The molecule has 0 saturated carbocycles. The predicted octanol–water partition coefficient (Wildman–Crippen LogP) is 4.85. The SMILES string of the molecule is NC(=O)c1ccc(Sc2ccc(C=CC(=O)N3CCOCC3)c(C(F)(F)F)c2C(F)(F)F)cc1. The van der Waals surface area contributed by atoms with Gasteiger partial charge in [0.25, 0.3) is 0 Å². The quantitative estimate of drug-likeness (QED) is 0.467. The molecule has 0 bridgehead atoms. The van der Waals surface area contributed by atoms with Crippen molar-refractivity contribution in [3.63, 3.8) is 0 Å². The Morgan fingerprint density at radius 3 is 2.03 bits per heavy atom. The molecule has 1 aliphatic heterocycles. The number of carbonyl (C=O) groups excluding carboxylic acids is 2. The number of nitrogens with two attached hydrogens (primary N) is 1. The van der Waals surface area contributed by atoms with Gasteiger partial charge in [-0.25, -0.2) is 0 Å². The fraction of sp³-hybridized carbons (Fsp3) is 0.273. The van der Waals surface area contributed by atoms with Crippen LogP contribution in [0, 0.1) is 0 Å². The van der Waals surface area contributed by atoms with Crippen LogP contribution in [-0.4, -0.2) is 43.0 Å². The van der Waals surface area contributed by atoms with E-state index in [2.05, 4.69) is 0 Å². The highest BCUT2D eigenvalue weighted by Gasteiger charge is 2.46. The normalized spacial score (nSPS) is 15.1. The topological polar surface area (TPSA) is 72.6 Å². The summed E-state index contributed by atoms with van der Waals surface area (Å²) < 4.78 is 88.4. The van der Waals surface area contributed by atoms with Gasteiger partial charge in [-0.1, -0.05) is 17.8 Å². The molecule has 1 heterocycles. The number of primary amides is 1. The van der Waals surface area contributed by atoms with Crippen molar-refractivity contribution in [3.05, 3.63) is 64.7 Å². The van der Waals surface area contributed by atoms with Gasteiger partial charge in [-0.05, 0) is 42.0 Å². The summed E-state index contributed by atoms with van der Waals surface area (Å²) in [4.78, 5) is 24.2. The van der Waals surface area contributed by atoms with E-state index < -0.39 is 45.8 Å². The summed E-state index contributed by atoms with van der Waals surface area (Å²) >= 11 is 0.462. The smallest absolute Gasteiger partial charge is 0.378 e. The fourth-order valence-electron chi connectivity index (χ4n) is 3.27. The standard InChI is InChI=1S/C22H18F6N2O3S/c23-21(24,25)18-13(4-8-17(31)30-9-11-33-12-10-30)3-7-16(19(18)22(26,27)28)34-15-5-1-14(2-6-15)20(29)32/h1-8H,9-12H2,(H2,29,32). The molecule has 1 saturated heterocycles. The van der Waals surface area contributed by atoms with Gasteiger partial charge in [-0.15, -0.1) is 0 Å². The van der Waals surface area contributed by atoms with Gasteiger partial charge < -0.3 is 15.4 Å². The minimum Gasteiger partial charge on any atom is -0.378 e. The highest BCUT2D eigenvalue weighted by Crippen LogP contribution is 2.48. The Morgan fingerprint density at radius 1 is 0.912 bits per heavy atom. The zero-order valence-corrected chi connectivity index (χ0v) is 18.2. The summed E-state index contributed by atoms with van der Waals surface area (Å²) in [5, 5.41) is 0. The molecule has 0 aromatic heterocycles. The van der Waals surface area contributed by atoms with E-state index in [4.69, 9.17) is 10.5 Å². The van der Waals surface area contributed by atoms with Gasteiger partial charge in [0, 0.05) is 34.5 Å². The number of amides is 2. The minimum absolute atomic E-state index is 0.0989. The molecule has 1 aliphatic rings. The third kappa shape index (κ3) is 6.11. The van der Waals surface area contributed by atoms with E-state index in [0.29, 0.717) is 11.8 Å². The van der Waals surface area contributed by atoms with Gasteiger partial charge in [0.15, 0.2) is 0 Å². The zero-order valence-electron chi connectivity index (χ0n) is 17.4. The molecule has 2 N–H and O–H groups in total. The monoisotopic (exact) mass is 504 g/mol. The second kappa shape index (κ2) is 10.1. The molecule has 1 fully saturated rings. The van der Waals surface area contributed by atoms with Gasteiger partial charge in [-0.3, -0.25) is 9.59 Å². The van der Waals surface area contributed by atoms with Crippen molar-refractivity contribution in [1.82, 2.24) is 4.90 Å². The number of benzene rings is 2. The van der Waals surface area contributed by atoms with Crippen LogP contribution in [0.25, 0.3) is 6.08 Å². The Bertz CT molecular complexity index is 1090. The van der Waals surface area contributed by atoms with E-state index in [0.717, 1.165) is 24.3 Å². The van der Waals surface area contributed by atoms with Crippen molar-refractivity contribution in [2.24, 2.45) is 5.73 Å². The summed E-state index contributed by atoms with van der Waals surface area (Å²) in [6.45, 7) is 0.982. The summed E-state index contributed by atoms with van der Waals surface area (Å²) in [7, 11) is 0. The lowest BCUT2D eigenvalue weighted by molar-refractivity contribution is -0.163. The van der Waals surface area contributed by atoms with Crippen LogP contribution in [0.15, 0.2) is 52.3 Å². The third-order valence-electron chi connectivity index (χ3n) is 4.86. The van der Waals surface area contributed by atoms with E-state index in [9.17, 15) is 35.9 Å². The Balaban J connectivity index is 2.04. The molecule has 0 aliphatic carbocycles. The van der Waals surface area contributed by atoms with Crippen LogP contribution in [0.5, 0.6) is 0 Å². The minimum atomic E-state index is -5.35. The maximum absolute atomic E-state index is 13.9. The van der Waals surface area contributed by atoms with E-state index in [1.165, 1.54) is 29.2 Å². The van der Waals surface area contributed by atoms with Gasteiger partial charge in [-0.2, -0.15) is 26.3 Å². The van der Waals surface area contributed by atoms with Crippen LogP contribution < -0.4 is 5.73 Å². The number of nitrogens with zero attached hydrogens (tertiary/aromatic N) is 1. The number of alkyl halides is 6. The molecule has 2 aromatic rings. The van der Waals surface area contributed by atoms with Crippen LogP contribution >= 0.6 is 11.8 Å². The van der Waals surface area contributed by atoms with Crippen molar-refractivity contribution >= 4 is 29.7 Å². The molecular weight excluding hydrogens is 486 g/mol. The Hall–Kier alpha value is -2.99. The van der Waals surface area contributed by atoms with E-state index in [-0.39, 0.29) is 36.8 Å². The first-order chi connectivity index (χ1) is 15.9. The van der Waals surface area contributed by atoms with Crippen LogP contribution in [0.4, 0.5) is 26.3 Å². The Morgan fingerprint density at radius 2 is 1.50 bits per heavy atom. The largest absolute Gasteiger partial charge is 0.418 e. The second-order valence-electron chi connectivity index (χ2n) is 7.16. The van der Waals surface area contributed by atoms with Crippen molar-refractivity contribution < 1.29 is 40.7 Å². The number of rotatable bonds is 5. The maximum atomic E-state index is 13.9. The molecule has 0 spiro atoms. The molecule has 0 atom stereocenters. The molecule has 3 rings (SSSR count). The lowest BCUT2D eigenvalue weighted by atomic mass is 9.99. The Labute approximate surface area is 194 Å². The van der Waals surface area contributed by atoms with Crippen LogP contribution in [0.1, 0.15) is 27.0 Å². The first-order valence-electron chi connectivity index (χ1n) is 9.82. The third-order valence-corrected chi connectivity index (χ3v) is 5.93. The maximum Gasteiger partial charge on any atom is 0.418 e.